The van der Waals surface area contributed by atoms with Crippen molar-refractivity contribution in [2.24, 2.45) is 0 Å². The summed E-state index contributed by atoms with van der Waals surface area (Å²) in [5, 5.41) is 0. The molecule has 0 radical (unpaired) electrons. The molecule has 12 heavy (non-hydrogen) atoms. The van der Waals surface area contributed by atoms with Crippen LogP contribution in [0.15, 0.2) is 12.7 Å². The maximum Gasteiger partial charge on any atom is 0.323 e. The molecule has 0 bridgehead atoms. The van der Waals surface area contributed by atoms with Crippen LogP contribution in [-0.2, 0) is 8.85 Å². The Bertz CT molecular complexity index is 113. The third kappa shape index (κ3) is 4.69. The van der Waals surface area contributed by atoms with Gasteiger partial charge in [0.25, 0.3) is 0 Å². The molecule has 0 aliphatic carbocycles. The van der Waals surface area contributed by atoms with E-state index < -0.39 is 9.28 Å². The second kappa shape index (κ2) is 7.52. The first-order valence-corrected chi connectivity index (χ1v) is 6.03. The molecule has 0 rings (SSSR count). The lowest BCUT2D eigenvalue weighted by molar-refractivity contribution is 0.264. The molecule has 0 fully saturated rings. The summed E-state index contributed by atoms with van der Waals surface area (Å²) in [7, 11) is 2.12. The molecule has 1 unspecified atom stereocenters. The van der Waals surface area contributed by atoms with E-state index in [0.717, 1.165) is 6.42 Å². The molecule has 0 saturated heterocycles. The molecule has 2 nitrogen and oxygen atoms in total. The molecular formula is C9H20O2Si. The predicted molar refractivity (Wildman–Crippen MR) is 54.6 cm³/mol. The van der Waals surface area contributed by atoms with Gasteiger partial charge in [0.05, 0.1) is 0 Å². The molecule has 1 atom stereocenters. The van der Waals surface area contributed by atoms with E-state index in [1.165, 1.54) is 12.8 Å². The molecule has 0 N–H and O–H groups in total. The highest BCUT2D eigenvalue weighted by atomic mass is 28.3. The largest absolute Gasteiger partial charge is 0.400 e. The van der Waals surface area contributed by atoms with Crippen molar-refractivity contribution in [2.75, 3.05) is 14.2 Å². The molecule has 0 amide bonds. The average Bonchev–Trinajstić information content (AvgIpc) is 2.07. The Balaban J connectivity index is 3.53. The number of allylic oxidation sites excluding steroid dienone is 1. The second-order valence-corrected chi connectivity index (χ2v) is 5.85. The van der Waals surface area contributed by atoms with Gasteiger partial charge in [0.2, 0.25) is 0 Å². The van der Waals surface area contributed by atoms with E-state index >= 15 is 0 Å². The van der Waals surface area contributed by atoms with Gasteiger partial charge in [-0.25, -0.2) is 0 Å². The van der Waals surface area contributed by atoms with Crippen molar-refractivity contribution in [3.05, 3.63) is 12.7 Å². The van der Waals surface area contributed by atoms with Gasteiger partial charge in [0, 0.05) is 14.2 Å². The van der Waals surface area contributed by atoms with Crippen molar-refractivity contribution < 1.29 is 8.85 Å². The lowest BCUT2D eigenvalue weighted by Gasteiger charge is -2.17. The Kier molecular flexibility index (Phi) is 7.44. The van der Waals surface area contributed by atoms with Gasteiger partial charge >= 0.3 is 9.28 Å². The lowest BCUT2D eigenvalue weighted by atomic mass is 10.2. The first kappa shape index (κ1) is 11.9. The molecule has 3 heteroatoms. The lowest BCUT2D eigenvalue weighted by Crippen LogP contribution is -2.24. The van der Waals surface area contributed by atoms with E-state index in [9.17, 15) is 0 Å². The molecule has 0 aliphatic rings. The summed E-state index contributed by atoms with van der Waals surface area (Å²) < 4.78 is 10.6. The Morgan fingerprint density at radius 2 is 2.00 bits per heavy atom. The van der Waals surface area contributed by atoms with Gasteiger partial charge in [-0.2, -0.15) is 0 Å². The molecule has 0 aromatic heterocycles. The van der Waals surface area contributed by atoms with Gasteiger partial charge in [0.15, 0.2) is 0 Å². The summed E-state index contributed by atoms with van der Waals surface area (Å²) in [4.78, 5) is 0. The SMILES string of the molecule is C=CCCCC(C)[SiH](OC)OC. The van der Waals surface area contributed by atoms with E-state index in [0.29, 0.717) is 5.54 Å². The molecule has 0 spiro atoms. The Morgan fingerprint density at radius 3 is 2.42 bits per heavy atom. The van der Waals surface area contributed by atoms with E-state index in [1.54, 1.807) is 14.2 Å². The standard InChI is InChI=1S/C9H20O2Si/c1-5-6-7-8-9(2)12(10-3)11-4/h5,9,12H,1,6-8H2,2-4H3. The second-order valence-electron chi connectivity index (χ2n) is 3.04. The zero-order chi connectivity index (χ0) is 9.40. The normalized spacial score (nSPS) is 13.3. The van der Waals surface area contributed by atoms with Crippen LogP contribution < -0.4 is 0 Å². The molecule has 0 heterocycles. The fourth-order valence-corrected chi connectivity index (χ4v) is 2.91. The highest BCUT2D eigenvalue weighted by Gasteiger charge is 2.18. The van der Waals surface area contributed by atoms with Crippen molar-refractivity contribution in [3.8, 4) is 0 Å². The van der Waals surface area contributed by atoms with Gasteiger partial charge in [-0.05, 0) is 24.8 Å². The van der Waals surface area contributed by atoms with Crippen LogP contribution in [0.3, 0.4) is 0 Å². The highest BCUT2D eigenvalue weighted by Crippen LogP contribution is 2.18. The van der Waals surface area contributed by atoms with E-state index in [1.807, 2.05) is 6.08 Å². The van der Waals surface area contributed by atoms with Crippen molar-refractivity contribution in [1.82, 2.24) is 0 Å². The third-order valence-corrected chi connectivity index (χ3v) is 4.19. The maximum absolute atomic E-state index is 5.28. The van der Waals surface area contributed by atoms with Gasteiger partial charge in [-0.15, -0.1) is 6.58 Å². The van der Waals surface area contributed by atoms with Crippen LogP contribution in [0.1, 0.15) is 26.2 Å². The first-order valence-electron chi connectivity index (χ1n) is 4.42. The monoisotopic (exact) mass is 188 g/mol. The minimum absolute atomic E-state index is 0.597. The molecular weight excluding hydrogens is 168 g/mol. The van der Waals surface area contributed by atoms with Crippen LogP contribution >= 0.6 is 0 Å². The number of hydrogen-bond acceptors (Lipinski definition) is 2. The van der Waals surface area contributed by atoms with E-state index in [2.05, 4.69) is 13.5 Å². The van der Waals surface area contributed by atoms with E-state index in [-0.39, 0.29) is 0 Å². The van der Waals surface area contributed by atoms with Gasteiger partial charge in [0.1, 0.15) is 0 Å². The summed E-state index contributed by atoms with van der Waals surface area (Å²) in [6.45, 7) is 5.89. The average molecular weight is 188 g/mol. The van der Waals surface area contributed by atoms with Crippen LogP contribution in [-0.4, -0.2) is 23.5 Å². The minimum Gasteiger partial charge on any atom is -0.400 e. The summed E-state index contributed by atoms with van der Waals surface area (Å²) >= 11 is 0. The molecule has 72 valence electrons. The fraction of sp³-hybridized carbons (Fsp3) is 0.778. The van der Waals surface area contributed by atoms with Crippen molar-refractivity contribution in [1.29, 1.82) is 0 Å². The Labute approximate surface area is 77.4 Å². The highest BCUT2D eigenvalue weighted by molar-refractivity contribution is 6.46. The summed E-state index contributed by atoms with van der Waals surface area (Å²) in [5.41, 5.74) is 0.597. The Morgan fingerprint density at radius 1 is 1.42 bits per heavy atom. The summed E-state index contributed by atoms with van der Waals surface area (Å²) in [5.74, 6) is 0. The van der Waals surface area contributed by atoms with Gasteiger partial charge in [-0.1, -0.05) is 13.0 Å². The third-order valence-electron chi connectivity index (χ3n) is 2.00. The van der Waals surface area contributed by atoms with Gasteiger partial charge in [-0.3, -0.25) is 0 Å². The summed E-state index contributed by atoms with van der Waals surface area (Å²) in [6, 6.07) is 0. The smallest absolute Gasteiger partial charge is 0.323 e. The quantitative estimate of drug-likeness (QED) is 0.346. The topological polar surface area (TPSA) is 18.5 Å². The van der Waals surface area contributed by atoms with E-state index in [4.69, 9.17) is 8.85 Å². The zero-order valence-corrected chi connectivity index (χ0v) is 9.53. The number of unbranched alkanes of at least 4 members (excludes halogenated alkanes) is 1. The van der Waals surface area contributed by atoms with Crippen molar-refractivity contribution in [2.45, 2.75) is 31.7 Å². The van der Waals surface area contributed by atoms with Crippen molar-refractivity contribution >= 4 is 9.28 Å². The number of rotatable bonds is 7. The molecule has 0 saturated carbocycles. The van der Waals surface area contributed by atoms with Crippen LogP contribution in [0, 0.1) is 0 Å². The molecule has 0 aromatic rings. The molecule has 0 aromatic carbocycles. The summed E-state index contributed by atoms with van der Waals surface area (Å²) in [6.07, 6.45) is 5.44. The van der Waals surface area contributed by atoms with Crippen LogP contribution in [0.2, 0.25) is 5.54 Å². The van der Waals surface area contributed by atoms with Crippen LogP contribution in [0.4, 0.5) is 0 Å². The minimum atomic E-state index is -1.36. The van der Waals surface area contributed by atoms with Crippen molar-refractivity contribution in [3.63, 3.8) is 0 Å². The Hall–Kier alpha value is -0.123. The van der Waals surface area contributed by atoms with Gasteiger partial charge < -0.3 is 8.85 Å². The molecule has 0 aliphatic heterocycles. The first-order chi connectivity index (χ1) is 5.76. The predicted octanol–water partition coefficient (Wildman–Crippen LogP) is 2.25. The zero-order valence-electron chi connectivity index (χ0n) is 8.38. The maximum atomic E-state index is 5.28. The number of hydrogen-bond donors (Lipinski definition) is 0. The van der Waals surface area contributed by atoms with Crippen LogP contribution in [0.25, 0.3) is 0 Å². The van der Waals surface area contributed by atoms with Crippen LogP contribution in [0.5, 0.6) is 0 Å². The fourth-order valence-electron chi connectivity index (χ4n) is 1.28.